The molecule has 0 aromatic rings. The largest absolute Gasteiger partial charge is 0.480 e. The summed E-state index contributed by atoms with van der Waals surface area (Å²) in [7, 11) is 0. The number of primary amides is 1. The SMILES string of the molecule is CCC(C)N(CC(=O)O)C(=O)C(CCSC)NC(N)=O. The summed E-state index contributed by atoms with van der Waals surface area (Å²) in [4.78, 5) is 35.5. The highest BCUT2D eigenvalue weighted by atomic mass is 32.2. The summed E-state index contributed by atoms with van der Waals surface area (Å²) >= 11 is 1.54. The summed E-state index contributed by atoms with van der Waals surface area (Å²) in [5, 5.41) is 11.3. The number of aliphatic carboxylic acids is 1. The molecule has 0 fully saturated rings. The molecule has 0 aromatic heterocycles. The van der Waals surface area contributed by atoms with E-state index in [2.05, 4.69) is 5.32 Å². The van der Waals surface area contributed by atoms with Gasteiger partial charge in [0.15, 0.2) is 0 Å². The maximum absolute atomic E-state index is 12.4. The number of hydrogen-bond donors (Lipinski definition) is 3. The predicted octanol–water partition coefficient (Wildman–Crippen LogP) is 0.488. The van der Waals surface area contributed by atoms with Crippen molar-refractivity contribution in [2.45, 2.75) is 38.8 Å². The summed E-state index contributed by atoms with van der Waals surface area (Å²) in [6.45, 7) is 3.26. The molecular weight excluding hydrogens is 282 g/mol. The van der Waals surface area contributed by atoms with Crippen molar-refractivity contribution in [3.8, 4) is 0 Å². The van der Waals surface area contributed by atoms with Gasteiger partial charge in [0.2, 0.25) is 5.91 Å². The van der Waals surface area contributed by atoms with E-state index in [9.17, 15) is 14.4 Å². The van der Waals surface area contributed by atoms with E-state index in [0.29, 0.717) is 18.6 Å². The van der Waals surface area contributed by atoms with Gasteiger partial charge in [-0.3, -0.25) is 9.59 Å². The molecule has 4 N–H and O–H groups in total. The minimum absolute atomic E-state index is 0.218. The molecule has 0 aliphatic heterocycles. The predicted molar refractivity (Wildman–Crippen MR) is 78.6 cm³/mol. The Balaban J connectivity index is 5.00. The molecule has 7 nitrogen and oxygen atoms in total. The highest BCUT2D eigenvalue weighted by molar-refractivity contribution is 7.98. The minimum Gasteiger partial charge on any atom is -0.480 e. The van der Waals surface area contributed by atoms with Crippen molar-refractivity contribution in [1.29, 1.82) is 0 Å². The summed E-state index contributed by atoms with van der Waals surface area (Å²) < 4.78 is 0. The first-order valence-electron chi connectivity index (χ1n) is 6.40. The Morgan fingerprint density at radius 1 is 1.40 bits per heavy atom. The molecule has 2 unspecified atom stereocenters. The third kappa shape index (κ3) is 6.65. The first-order valence-corrected chi connectivity index (χ1v) is 7.80. The number of thioether (sulfide) groups is 1. The molecule has 0 spiro atoms. The van der Waals surface area contributed by atoms with Gasteiger partial charge in [-0.2, -0.15) is 11.8 Å². The number of amides is 3. The Morgan fingerprint density at radius 2 is 2.00 bits per heavy atom. The van der Waals surface area contributed by atoms with E-state index >= 15 is 0 Å². The van der Waals surface area contributed by atoms with Gasteiger partial charge >= 0.3 is 12.0 Å². The third-order valence-corrected chi connectivity index (χ3v) is 3.58. The van der Waals surface area contributed by atoms with E-state index in [1.54, 1.807) is 6.92 Å². The first-order chi connectivity index (χ1) is 9.33. The molecule has 0 aliphatic rings. The fraction of sp³-hybridized carbons (Fsp3) is 0.750. The third-order valence-electron chi connectivity index (χ3n) is 2.94. The van der Waals surface area contributed by atoms with Crippen molar-refractivity contribution >= 4 is 29.7 Å². The van der Waals surface area contributed by atoms with Crippen molar-refractivity contribution < 1.29 is 19.5 Å². The van der Waals surface area contributed by atoms with Crippen LogP contribution in [0, 0.1) is 0 Å². The zero-order chi connectivity index (χ0) is 15.7. The Bertz CT molecular complexity index is 352. The van der Waals surface area contributed by atoms with Crippen LogP contribution in [0.4, 0.5) is 4.79 Å². The van der Waals surface area contributed by atoms with Crippen LogP contribution in [0.3, 0.4) is 0 Å². The van der Waals surface area contributed by atoms with Gasteiger partial charge in [-0.1, -0.05) is 6.92 Å². The standard InChI is InChI=1S/C12H23N3O4S/c1-4-8(2)15(7-10(16)17)11(18)9(5-6-20-3)14-12(13)19/h8-9H,4-7H2,1-3H3,(H,16,17)(H3,13,14,19). The summed E-state index contributed by atoms with van der Waals surface area (Å²) in [5.41, 5.74) is 5.07. The molecule has 0 radical (unpaired) electrons. The van der Waals surface area contributed by atoms with Gasteiger partial charge in [-0.05, 0) is 31.8 Å². The lowest BCUT2D eigenvalue weighted by molar-refractivity contribution is -0.147. The number of nitrogens with zero attached hydrogens (tertiary/aromatic N) is 1. The van der Waals surface area contributed by atoms with E-state index < -0.39 is 23.9 Å². The van der Waals surface area contributed by atoms with Gasteiger partial charge in [-0.25, -0.2) is 4.79 Å². The Morgan fingerprint density at radius 3 is 2.40 bits per heavy atom. The van der Waals surface area contributed by atoms with Crippen LogP contribution >= 0.6 is 11.8 Å². The lowest BCUT2D eigenvalue weighted by Gasteiger charge is -2.30. The van der Waals surface area contributed by atoms with Crippen molar-refractivity contribution in [3.05, 3.63) is 0 Å². The van der Waals surface area contributed by atoms with Crippen molar-refractivity contribution in [1.82, 2.24) is 10.2 Å². The molecule has 116 valence electrons. The second kappa shape index (κ2) is 9.46. The average molecular weight is 305 g/mol. The normalized spacial score (nSPS) is 13.3. The van der Waals surface area contributed by atoms with Crippen LogP contribution in [0.5, 0.6) is 0 Å². The van der Waals surface area contributed by atoms with Crippen molar-refractivity contribution in [3.63, 3.8) is 0 Å². The van der Waals surface area contributed by atoms with Crippen LogP contribution in [0.1, 0.15) is 26.7 Å². The number of carbonyl (C=O) groups is 3. The Hall–Kier alpha value is -1.44. The van der Waals surface area contributed by atoms with Crippen LogP contribution in [0.25, 0.3) is 0 Å². The molecule has 0 heterocycles. The van der Waals surface area contributed by atoms with E-state index in [0.717, 1.165) is 0 Å². The fourth-order valence-corrected chi connectivity index (χ4v) is 2.15. The van der Waals surface area contributed by atoms with Gasteiger partial charge in [0.05, 0.1) is 0 Å². The van der Waals surface area contributed by atoms with E-state index in [1.165, 1.54) is 16.7 Å². The summed E-state index contributed by atoms with van der Waals surface area (Å²) in [5.74, 6) is -0.825. The first kappa shape index (κ1) is 18.6. The van der Waals surface area contributed by atoms with Crippen LogP contribution in [-0.4, -0.2) is 58.6 Å². The highest BCUT2D eigenvalue weighted by Gasteiger charge is 2.29. The Labute approximate surface area is 123 Å². The van der Waals surface area contributed by atoms with Gasteiger partial charge in [-0.15, -0.1) is 0 Å². The maximum Gasteiger partial charge on any atom is 0.323 e. The molecule has 0 saturated carbocycles. The van der Waals surface area contributed by atoms with Crippen LogP contribution < -0.4 is 11.1 Å². The molecule has 20 heavy (non-hydrogen) atoms. The van der Waals surface area contributed by atoms with Gasteiger partial charge in [0.25, 0.3) is 0 Å². The van der Waals surface area contributed by atoms with Crippen LogP contribution in [0.2, 0.25) is 0 Å². The summed E-state index contributed by atoms with van der Waals surface area (Å²) in [6.07, 6.45) is 2.93. The molecule has 0 aromatic carbocycles. The zero-order valence-electron chi connectivity index (χ0n) is 12.1. The molecule has 3 amide bonds. The second-order valence-corrected chi connectivity index (χ2v) is 5.45. The lowest BCUT2D eigenvalue weighted by Crippen LogP contribution is -2.53. The van der Waals surface area contributed by atoms with E-state index in [-0.39, 0.29) is 12.6 Å². The maximum atomic E-state index is 12.4. The van der Waals surface area contributed by atoms with Crippen LogP contribution in [0.15, 0.2) is 0 Å². The van der Waals surface area contributed by atoms with E-state index in [4.69, 9.17) is 10.8 Å². The molecule has 0 aliphatic carbocycles. The molecule has 2 atom stereocenters. The molecule has 0 rings (SSSR count). The average Bonchev–Trinajstić information content (AvgIpc) is 2.38. The quantitative estimate of drug-likeness (QED) is 0.574. The molecule has 0 saturated heterocycles. The Kier molecular flexibility index (Phi) is 8.78. The van der Waals surface area contributed by atoms with Gasteiger partial charge in [0, 0.05) is 6.04 Å². The van der Waals surface area contributed by atoms with Gasteiger partial charge in [0.1, 0.15) is 12.6 Å². The summed E-state index contributed by atoms with van der Waals surface area (Å²) in [6, 6.07) is -1.79. The topological polar surface area (TPSA) is 113 Å². The number of carbonyl (C=O) groups excluding carboxylic acids is 2. The monoisotopic (exact) mass is 305 g/mol. The zero-order valence-corrected chi connectivity index (χ0v) is 12.9. The second-order valence-electron chi connectivity index (χ2n) is 4.46. The number of nitrogens with one attached hydrogen (secondary N) is 1. The minimum atomic E-state index is -1.08. The van der Waals surface area contributed by atoms with E-state index in [1.807, 2.05) is 13.2 Å². The smallest absolute Gasteiger partial charge is 0.323 e. The number of urea groups is 1. The molecule has 0 bridgehead atoms. The highest BCUT2D eigenvalue weighted by Crippen LogP contribution is 2.10. The number of carboxylic acids is 1. The van der Waals surface area contributed by atoms with Crippen molar-refractivity contribution in [2.24, 2.45) is 5.73 Å². The number of rotatable bonds is 9. The fourth-order valence-electron chi connectivity index (χ4n) is 1.68. The van der Waals surface area contributed by atoms with Crippen molar-refractivity contribution in [2.75, 3.05) is 18.6 Å². The van der Waals surface area contributed by atoms with Crippen LogP contribution in [-0.2, 0) is 9.59 Å². The van der Waals surface area contributed by atoms with Gasteiger partial charge < -0.3 is 21.1 Å². The molecular formula is C12H23N3O4S. The molecule has 8 heteroatoms. The number of hydrogen-bond acceptors (Lipinski definition) is 4. The number of carboxylic acid groups (broad SMARTS) is 1. The lowest BCUT2D eigenvalue weighted by atomic mass is 10.1. The number of nitrogens with two attached hydrogens (primary N) is 1.